The van der Waals surface area contributed by atoms with Gasteiger partial charge < -0.3 is 20.3 Å². The van der Waals surface area contributed by atoms with Crippen LogP contribution in [0, 0.1) is 0 Å². The van der Waals surface area contributed by atoms with Gasteiger partial charge in [0, 0.05) is 51.3 Å². The molecule has 2 heterocycles. The molecule has 0 radical (unpaired) electrons. The van der Waals surface area contributed by atoms with Crippen molar-refractivity contribution < 1.29 is 9.53 Å². The van der Waals surface area contributed by atoms with Gasteiger partial charge in [-0.2, -0.15) is 0 Å². The Morgan fingerprint density at radius 1 is 1.48 bits per heavy atom. The molecule has 1 aliphatic rings. The second-order valence-corrected chi connectivity index (χ2v) is 7.40. The van der Waals surface area contributed by atoms with E-state index >= 15 is 0 Å². The van der Waals surface area contributed by atoms with Crippen molar-refractivity contribution in [2.75, 3.05) is 40.3 Å². The molecule has 2 N–H and O–H groups in total. The lowest BCUT2D eigenvalue weighted by molar-refractivity contribution is -0.127. The van der Waals surface area contributed by atoms with Crippen LogP contribution < -0.4 is 10.6 Å². The molecule has 0 bridgehead atoms. The number of ether oxygens (including phenoxy) is 1. The molecule has 25 heavy (non-hydrogen) atoms. The summed E-state index contributed by atoms with van der Waals surface area (Å²) in [4.78, 5) is 22.1. The van der Waals surface area contributed by atoms with Crippen molar-refractivity contribution in [2.45, 2.75) is 38.2 Å². The molecule has 0 saturated carbocycles. The van der Waals surface area contributed by atoms with Gasteiger partial charge in [0.05, 0.1) is 11.1 Å². The Kier molecular flexibility index (Phi) is 8.14. The number of amides is 1. The largest absolute Gasteiger partial charge is 0.376 e. The lowest BCUT2D eigenvalue weighted by atomic mass is 10.1. The van der Waals surface area contributed by atoms with Crippen LogP contribution in [0.4, 0.5) is 0 Å². The lowest BCUT2D eigenvalue weighted by Crippen LogP contribution is -2.44. The minimum Gasteiger partial charge on any atom is -0.376 e. The molecule has 1 aromatic heterocycles. The molecule has 1 fully saturated rings. The summed E-state index contributed by atoms with van der Waals surface area (Å²) in [7, 11) is 3.47. The third-order valence-electron chi connectivity index (χ3n) is 4.09. The fourth-order valence-corrected chi connectivity index (χ4v) is 3.15. The number of aliphatic imine (C=N–C) groups is 1. The highest BCUT2D eigenvalue weighted by atomic mass is 32.1. The number of guanidine groups is 1. The molecule has 2 atom stereocenters. The number of carbonyl (C=O) groups is 1. The van der Waals surface area contributed by atoms with Gasteiger partial charge in [0.15, 0.2) is 5.96 Å². The zero-order chi connectivity index (χ0) is 18.1. The van der Waals surface area contributed by atoms with Crippen molar-refractivity contribution >= 4 is 23.2 Å². The molecule has 1 aliphatic heterocycles. The summed E-state index contributed by atoms with van der Waals surface area (Å²) in [6, 6.07) is 0. The molecule has 0 aliphatic carbocycles. The molecular formula is C17H29N5O2S. The van der Waals surface area contributed by atoms with Crippen molar-refractivity contribution in [1.82, 2.24) is 20.5 Å². The number of hydrogen-bond donors (Lipinski definition) is 2. The zero-order valence-corrected chi connectivity index (χ0v) is 16.1. The van der Waals surface area contributed by atoms with Crippen molar-refractivity contribution in [1.29, 1.82) is 0 Å². The van der Waals surface area contributed by atoms with Gasteiger partial charge in [0.2, 0.25) is 5.91 Å². The van der Waals surface area contributed by atoms with Gasteiger partial charge in [0.25, 0.3) is 0 Å². The molecule has 2 rings (SSSR count). The van der Waals surface area contributed by atoms with Gasteiger partial charge in [0.1, 0.15) is 6.54 Å². The second-order valence-electron chi connectivity index (χ2n) is 6.47. The van der Waals surface area contributed by atoms with E-state index in [1.807, 2.05) is 11.6 Å². The van der Waals surface area contributed by atoms with Crippen LogP contribution in [-0.4, -0.2) is 68.2 Å². The van der Waals surface area contributed by atoms with Crippen molar-refractivity contribution in [2.24, 2.45) is 4.99 Å². The third kappa shape index (κ3) is 6.99. The van der Waals surface area contributed by atoms with E-state index in [0.29, 0.717) is 19.0 Å². The van der Waals surface area contributed by atoms with E-state index in [2.05, 4.69) is 27.5 Å². The zero-order valence-electron chi connectivity index (χ0n) is 15.3. The van der Waals surface area contributed by atoms with E-state index in [4.69, 9.17) is 4.74 Å². The van der Waals surface area contributed by atoms with E-state index < -0.39 is 0 Å². The number of nitrogens with one attached hydrogen (secondary N) is 2. The molecule has 8 heteroatoms. The maximum atomic E-state index is 11.8. The molecule has 1 saturated heterocycles. The predicted octanol–water partition coefficient (Wildman–Crippen LogP) is 1.44. The average Bonchev–Trinajstić information content (AvgIpc) is 3.16. The summed E-state index contributed by atoms with van der Waals surface area (Å²) in [5.41, 5.74) is 0. The van der Waals surface area contributed by atoms with Gasteiger partial charge in [-0.3, -0.25) is 4.79 Å². The fraction of sp³-hybridized carbons (Fsp3) is 0.706. The standard InChI is InChI=1S/C17H29N5O2S/c1-13(16-18-7-9-25-16)10-19-17(21-12-15(23)22(2)3)20-11-14-6-4-5-8-24-14/h7,9,13-14H,4-6,8,10-12H2,1-3H3,(H2,19,20,21). The van der Waals surface area contributed by atoms with Crippen LogP contribution in [0.2, 0.25) is 0 Å². The van der Waals surface area contributed by atoms with E-state index in [-0.39, 0.29) is 24.5 Å². The van der Waals surface area contributed by atoms with E-state index in [1.54, 1.807) is 30.3 Å². The summed E-state index contributed by atoms with van der Waals surface area (Å²) < 4.78 is 5.75. The maximum Gasteiger partial charge on any atom is 0.243 e. The van der Waals surface area contributed by atoms with Crippen LogP contribution >= 0.6 is 11.3 Å². The smallest absolute Gasteiger partial charge is 0.243 e. The molecule has 2 unspecified atom stereocenters. The normalized spacial score (nSPS) is 19.3. The first kappa shape index (κ1) is 19.7. The fourth-order valence-electron chi connectivity index (χ4n) is 2.46. The summed E-state index contributed by atoms with van der Waals surface area (Å²) in [5, 5.41) is 9.70. The number of carbonyl (C=O) groups excluding carboxylic acids is 1. The monoisotopic (exact) mass is 367 g/mol. The Hall–Kier alpha value is -1.67. The van der Waals surface area contributed by atoms with Crippen LogP contribution in [0.5, 0.6) is 0 Å². The van der Waals surface area contributed by atoms with Crippen molar-refractivity contribution in [3.8, 4) is 0 Å². The summed E-state index contributed by atoms with van der Waals surface area (Å²) in [6.45, 7) is 4.49. The van der Waals surface area contributed by atoms with Crippen LogP contribution in [0.15, 0.2) is 16.6 Å². The Labute approximate surface area is 153 Å². The first-order chi connectivity index (χ1) is 12.1. The number of rotatable bonds is 7. The van der Waals surface area contributed by atoms with Crippen LogP contribution in [-0.2, 0) is 9.53 Å². The number of hydrogen-bond acceptors (Lipinski definition) is 5. The SMILES string of the molecule is CC(CNC(=NCC(=O)N(C)C)NCC1CCCCO1)c1nccs1. The average molecular weight is 368 g/mol. The van der Waals surface area contributed by atoms with Gasteiger partial charge in [-0.15, -0.1) is 11.3 Å². The highest BCUT2D eigenvalue weighted by Crippen LogP contribution is 2.16. The predicted molar refractivity (Wildman–Crippen MR) is 101 cm³/mol. The quantitative estimate of drug-likeness (QED) is 0.563. The lowest BCUT2D eigenvalue weighted by Gasteiger charge is -2.24. The van der Waals surface area contributed by atoms with Gasteiger partial charge in [-0.25, -0.2) is 9.98 Å². The first-order valence-electron chi connectivity index (χ1n) is 8.79. The molecule has 1 aromatic rings. The Morgan fingerprint density at radius 3 is 2.96 bits per heavy atom. The van der Waals surface area contributed by atoms with Gasteiger partial charge in [-0.05, 0) is 19.3 Å². The summed E-state index contributed by atoms with van der Waals surface area (Å²) in [5.74, 6) is 0.901. The minimum atomic E-state index is -0.0250. The highest BCUT2D eigenvalue weighted by molar-refractivity contribution is 7.09. The van der Waals surface area contributed by atoms with E-state index in [9.17, 15) is 4.79 Å². The van der Waals surface area contributed by atoms with Crippen LogP contribution in [0.25, 0.3) is 0 Å². The Morgan fingerprint density at radius 2 is 2.32 bits per heavy atom. The molecule has 0 aromatic carbocycles. The second kappa shape index (κ2) is 10.4. The minimum absolute atomic E-state index is 0.0250. The number of likely N-dealkylation sites (N-methyl/N-ethyl adjacent to an activating group) is 1. The summed E-state index contributed by atoms with van der Waals surface area (Å²) >= 11 is 1.65. The van der Waals surface area contributed by atoms with E-state index in [0.717, 1.165) is 24.5 Å². The maximum absolute atomic E-state index is 11.8. The molecular weight excluding hydrogens is 338 g/mol. The molecule has 0 spiro atoms. The topological polar surface area (TPSA) is 78.9 Å². The number of thiazole rings is 1. The van der Waals surface area contributed by atoms with E-state index in [1.165, 1.54) is 6.42 Å². The third-order valence-corrected chi connectivity index (χ3v) is 5.10. The highest BCUT2D eigenvalue weighted by Gasteiger charge is 2.15. The number of nitrogens with zero attached hydrogens (tertiary/aromatic N) is 3. The van der Waals surface area contributed by atoms with Crippen molar-refractivity contribution in [3.05, 3.63) is 16.6 Å². The summed E-state index contributed by atoms with van der Waals surface area (Å²) in [6.07, 6.45) is 5.43. The molecule has 1 amide bonds. The molecule has 7 nitrogen and oxygen atoms in total. The van der Waals surface area contributed by atoms with Crippen LogP contribution in [0.3, 0.4) is 0 Å². The Balaban J connectivity index is 1.88. The molecule has 140 valence electrons. The van der Waals surface area contributed by atoms with Crippen LogP contribution in [0.1, 0.15) is 37.1 Å². The number of aromatic nitrogens is 1. The Bertz CT molecular complexity index is 541. The van der Waals surface area contributed by atoms with Crippen molar-refractivity contribution in [3.63, 3.8) is 0 Å². The first-order valence-corrected chi connectivity index (χ1v) is 9.67. The van der Waals surface area contributed by atoms with Gasteiger partial charge in [-0.1, -0.05) is 6.92 Å². The van der Waals surface area contributed by atoms with Gasteiger partial charge >= 0.3 is 0 Å².